The Kier molecular flexibility index (Phi) is 3.83. The summed E-state index contributed by atoms with van der Waals surface area (Å²) in [6.07, 6.45) is 3.95. The van der Waals surface area contributed by atoms with Gasteiger partial charge in [-0.2, -0.15) is 4.98 Å². The topological polar surface area (TPSA) is 98.5 Å². The number of fused-ring (bicyclic) bond motifs is 1. The van der Waals surface area contributed by atoms with Crippen molar-refractivity contribution in [3.8, 4) is 0 Å². The molecule has 1 saturated heterocycles. The molecule has 0 bridgehead atoms. The highest BCUT2D eigenvalue weighted by atomic mass is 16.5. The highest BCUT2D eigenvalue weighted by Crippen LogP contribution is 2.30. The zero-order valence-electron chi connectivity index (χ0n) is 13.8. The molecule has 1 atom stereocenters. The first-order valence-corrected chi connectivity index (χ1v) is 8.33. The van der Waals surface area contributed by atoms with Crippen LogP contribution in [0.2, 0.25) is 0 Å². The van der Waals surface area contributed by atoms with Gasteiger partial charge in [0.05, 0.1) is 6.04 Å². The number of hydrogen-bond donors (Lipinski definition) is 0. The predicted octanol–water partition coefficient (Wildman–Crippen LogP) is 0.805. The summed E-state index contributed by atoms with van der Waals surface area (Å²) in [6, 6.07) is 5.07. The van der Waals surface area contributed by atoms with Crippen molar-refractivity contribution >= 4 is 11.6 Å². The van der Waals surface area contributed by atoms with E-state index in [1.165, 1.54) is 9.08 Å². The minimum atomic E-state index is -0.326. The number of aryl methyl sites for hydroxylation is 1. The maximum absolute atomic E-state index is 12.7. The van der Waals surface area contributed by atoms with Gasteiger partial charge in [0.25, 0.3) is 0 Å². The van der Waals surface area contributed by atoms with Crippen LogP contribution in [0.25, 0.3) is 5.65 Å². The summed E-state index contributed by atoms with van der Waals surface area (Å²) in [6.45, 7) is 2.45. The number of pyridine rings is 1. The van der Waals surface area contributed by atoms with Gasteiger partial charge >= 0.3 is 5.69 Å². The molecule has 1 unspecified atom stereocenters. The lowest BCUT2D eigenvalue weighted by atomic mass is 10.2. The zero-order valence-corrected chi connectivity index (χ0v) is 13.8. The molecule has 0 saturated carbocycles. The van der Waals surface area contributed by atoms with Gasteiger partial charge < -0.3 is 9.42 Å². The van der Waals surface area contributed by atoms with Crippen LogP contribution in [0.1, 0.15) is 37.5 Å². The minimum absolute atomic E-state index is 0.102. The van der Waals surface area contributed by atoms with E-state index in [2.05, 4.69) is 15.2 Å². The predicted molar refractivity (Wildman–Crippen MR) is 86.8 cm³/mol. The Hall–Kier alpha value is -2.97. The number of likely N-dealkylation sites (tertiary alicyclic amines) is 1. The molecule has 3 aromatic rings. The number of carbonyl (C=O) groups excluding carboxylic acids is 1. The van der Waals surface area contributed by atoms with E-state index in [-0.39, 0.29) is 24.2 Å². The van der Waals surface area contributed by atoms with E-state index in [4.69, 9.17) is 4.52 Å². The van der Waals surface area contributed by atoms with Gasteiger partial charge in [-0.25, -0.2) is 9.48 Å². The normalized spacial score (nSPS) is 17.5. The Morgan fingerprint density at radius 1 is 1.40 bits per heavy atom. The van der Waals surface area contributed by atoms with Gasteiger partial charge in [-0.15, -0.1) is 5.10 Å². The second-order valence-electron chi connectivity index (χ2n) is 6.01. The van der Waals surface area contributed by atoms with Crippen LogP contribution in [0, 0.1) is 0 Å². The average Bonchev–Trinajstić information content (AvgIpc) is 3.34. The molecule has 25 heavy (non-hydrogen) atoms. The number of aromatic nitrogens is 5. The van der Waals surface area contributed by atoms with Gasteiger partial charge in [-0.3, -0.25) is 9.20 Å². The fraction of sp³-hybridized carbons (Fsp3) is 0.438. The second-order valence-corrected chi connectivity index (χ2v) is 6.01. The molecule has 1 aliphatic heterocycles. The summed E-state index contributed by atoms with van der Waals surface area (Å²) in [5.41, 5.74) is 0.191. The lowest BCUT2D eigenvalue weighted by Crippen LogP contribution is -2.36. The molecule has 0 spiro atoms. The largest absolute Gasteiger partial charge is 0.350 e. The van der Waals surface area contributed by atoms with Gasteiger partial charge in [-0.1, -0.05) is 18.1 Å². The summed E-state index contributed by atoms with van der Waals surface area (Å²) in [5, 5.41) is 8.20. The molecule has 1 amide bonds. The lowest BCUT2D eigenvalue weighted by molar-refractivity contribution is -0.133. The molecule has 4 rings (SSSR count). The molecule has 3 aromatic heterocycles. The van der Waals surface area contributed by atoms with Gasteiger partial charge in [0.2, 0.25) is 11.8 Å². The third kappa shape index (κ3) is 2.71. The standard InChI is InChI=1S/C16H18N6O3/c1-2-13-17-15(19-25-13)11-6-5-9-20(11)14(23)10-22-16(24)21-8-4-3-7-12(21)18-22/h3-4,7-8,11H,2,5-6,9-10H2,1H3. The van der Waals surface area contributed by atoms with Crippen molar-refractivity contribution in [2.75, 3.05) is 6.54 Å². The molecule has 0 aromatic carbocycles. The zero-order chi connectivity index (χ0) is 17.4. The average molecular weight is 342 g/mol. The van der Waals surface area contributed by atoms with Crippen LogP contribution in [0.4, 0.5) is 0 Å². The van der Waals surface area contributed by atoms with Crippen LogP contribution in [-0.2, 0) is 17.8 Å². The third-order valence-electron chi connectivity index (χ3n) is 4.43. The van der Waals surface area contributed by atoms with Crippen molar-refractivity contribution in [3.63, 3.8) is 0 Å². The van der Waals surface area contributed by atoms with Crippen LogP contribution in [0.3, 0.4) is 0 Å². The minimum Gasteiger partial charge on any atom is -0.339 e. The quantitative estimate of drug-likeness (QED) is 0.696. The third-order valence-corrected chi connectivity index (χ3v) is 4.43. The summed E-state index contributed by atoms with van der Waals surface area (Å²) < 4.78 is 7.77. The highest BCUT2D eigenvalue weighted by molar-refractivity contribution is 5.76. The van der Waals surface area contributed by atoms with Crippen molar-refractivity contribution < 1.29 is 9.32 Å². The molecule has 1 fully saturated rings. The Morgan fingerprint density at radius 3 is 3.04 bits per heavy atom. The van der Waals surface area contributed by atoms with Crippen LogP contribution >= 0.6 is 0 Å². The van der Waals surface area contributed by atoms with E-state index in [0.717, 1.165) is 12.8 Å². The Bertz CT molecular complexity index is 972. The van der Waals surface area contributed by atoms with Crippen LogP contribution in [-0.4, -0.2) is 41.7 Å². The molecule has 1 aliphatic rings. The summed E-state index contributed by atoms with van der Waals surface area (Å²) >= 11 is 0. The molecule has 0 aliphatic carbocycles. The maximum atomic E-state index is 12.7. The smallest absolute Gasteiger partial charge is 0.339 e. The molecular weight excluding hydrogens is 324 g/mol. The molecule has 4 heterocycles. The fourth-order valence-corrected chi connectivity index (χ4v) is 3.17. The van der Waals surface area contributed by atoms with Crippen molar-refractivity contribution in [1.82, 2.24) is 29.2 Å². The van der Waals surface area contributed by atoms with Crippen molar-refractivity contribution in [3.05, 3.63) is 46.6 Å². The van der Waals surface area contributed by atoms with Gasteiger partial charge in [0.1, 0.15) is 6.54 Å². The van der Waals surface area contributed by atoms with E-state index in [9.17, 15) is 9.59 Å². The number of hydrogen-bond acceptors (Lipinski definition) is 6. The summed E-state index contributed by atoms with van der Waals surface area (Å²) in [7, 11) is 0. The number of nitrogens with zero attached hydrogens (tertiary/aromatic N) is 6. The fourth-order valence-electron chi connectivity index (χ4n) is 3.17. The van der Waals surface area contributed by atoms with Crippen molar-refractivity contribution in [2.45, 2.75) is 38.8 Å². The molecule has 0 N–H and O–H groups in total. The van der Waals surface area contributed by atoms with Gasteiger partial charge in [-0.05, 0) is 25.0 Å². The molecular formula is C16H18N6O3. The first kappa shape index (κ1) is 15.6. The Labute approximate surface area is 142 Å². The first-order chi connectivity index (χ1) is 12.2. The molecule has 0 radical (unpaired) electrons. The molecule has 130 valence electrons. The Balaban J connectivity index is 1.57. The second kappa shape index (κ2) is 6.15. The van der Waals surface area contributed by atoms with E-state index in [1.54, 1.807) is 29.3 Å². The lowest BCUT2D eigenvalue weighted by Gasteiger charge is -2.21. The van der Waals surface area contributed by atoms with Crippen molar-refractivity contribution in [2.24, 2.45) is 0 Å². The summed E-state index contributed by atoms with van der Waals surface area (Å²) in [4.78, 5) is 31.1. The number of carbonyl (C=O) groups is 1. The van der Waals surface area contributed by atoms with E-state index in [1.807, 2.05) is 6.92 Å². The Morgan fingerprint density at radius 2 is 2.28 bits per heavy atom. The van der Waals surface area contributed by atoms with Crippen molar-refractivity contribution in [1.29, 1.82) is 0 Å². The van der Waals surface area contributed by atoms with E-state index < -0.39 is 0 Å². The molecule has 9 nitrogen and oxygen atoms in total. The number of rotatable bonds is 4. The highest BCUT2D eigenvalue weighted by Gasteiger charge is 2.33. The van der Waals surface area contributed by atoms with Crippen LogP contribution < -0.4 is 5.69 Å². The van der Waals surface area contributed by atoms with E-state index in [0.29, 0.717) is 30.3 Å². The van der Waals surface area contributed by atoms with Gasteiger partial charge in [0, 0.05) is 19.2 Å². The monoisotopic (exact) mass is 342 g/mol. The maximum Gasteiger partial charge on any atom is 0.350 e. The summed E-state index contributed by atoms with van der Waals surface area (Å²) in [5.74, 6) is 0.923. The van der Waals surface area contributed by atoms with Crippen LogP contribution in [0.5, 0.6) is 0 Å². The van der Waals surface area contributed by atoms with Crippen LogP contribution in [0.15, 0.2) is 33.7 Å². The molecule has 9 heteroatoms. The number of amides is 1. The van der Waals surface area contributed by atoms with Gasteiger partial charge in [0.15, 0.2) is 11.5 Å². The van der Waals surface area contributed by atoms with E-state index >= 15 is 0 Å². The first-order valence-electron chi connectivity index (χ1n) is 8.33. The SMILES string of the molecule is CCc1nc(C2CCCN2C(=O)Cn2nc3ccccn3c2=O)no1.